The van der Waals surface area contributed by atoms with Crippen molar-refractivity contribution in [3.05, 3.63) is 111 Å². The second-order valence-corrected chi connectivity index (χ2v) is 9.16. The highest BCUT2D eigenvalue weighted by Gasteiger charge is 2.42. The summed E-state index contributed by atoms with van der Waals surface area (Å²) in [5.74, 6) is -0.406. The van der Waals surface area contributed by atoms with Crippen molar-refractivity contribution in [2.45, 2.75) is 40.3 Å². The molecule has 33 heavy (non-hydrogen) atoms. The quantitative estimate of drug-likeness (QED) is 0.544. The van der Waals surface area contributed by atoms with Gasteiger partial charge in [0.05, 0.1) is 12.1 Å². The number of nitrogens with zero attached hydrogens (tertiary/aromatic N) is 2. The van der Waals surface area contributed by atoms with Gasteiger partial charge in [0.2, 0.25) is 0 Å². The summed E-state index contributed by atoms with van der Waals surface area (Å²) in [6.45, 7) is 7.72. The average Bonchev–Trinajstić information content (AvgIpc) is 3.05. The third-order valence-electron chi connectivity index (χ3n) is 6.70. The number of hydrogen-bond acceptors (Lipinski definition) is 3. The molecule has 0 fully saturated rings. The van der Waals surface area contributed by atoms with E-state index in [0.717, 1.165) is 40.8 Å². The molecule has 0 bridgehead atoms. The molecular weight excluding hydrogens is 408 g/mol. The van der Waals surface area contributed by atoms with Gasteiger partial charge in [-0.2, -0.15) is 0 Å². The van der Waals surface area contributed by atoms with E-state index in [0.29, 0.717) is 17.8 Å². The zero-order chi connectivity index (χ0) is 23.1. The summed E-state index contributed by atoms with van der Waals surface area (Å²) in [7, 11) is 0. The minimum Gasteiger partial charge on any atom is -0.362 e. The fourth-order valence-corrected chi connectivity index (χ4v) is 4.90. The van der Waals surface area contributed by atoms with Gasteiger partial charge in [0, 0.05) is 13.1 Å². The molecule has 0 aromatic heterocycles. The number of amides is 2. The lowest BCUT2D eigenvalue weighted by molar-refractivity contribution is -0.138. The van der Waals surface area contributed by atoms with Crippen LogP contribution in [0.1, 0.15) is 38.9 Å². The number of carbonyl (C=O) groups excluding carboxylic acids is 2. The van der Waals surface area contributed by atoms with Crippen LogP contribution in [0.25, 0.3) is 5.57 Å². The highest BCUT2D eigenvalue weighted by Crippen LogP contribution is 2.36. The zero-order valence-corrected chi connectivity index (χ0v) is 19.4. The smallest absolute Gasteiger partial charge is 0.278 e. The van der Waals surface area contributed by atoms with Gasteiger partial charge in [-0.15, -0.1) is 0 Å². The molecule has 2 heterocycles. The summed E-state index contributed by atoms with van der Waals surface area (Å²) in [6, 6.07) is 22.4. The van der Waals surface area contributed by atoms with Gasteiger partial charge in [0.1, 0.15) is 5.70 Å². The summed E-state index contributed by atoms with van der Waals surface area (Å²) >= 11 is 0. The van der Waals surface area contributed by atoms with Crippen molar-refractivity contribution in [2.24, 2.45) is 0 Å². The van der Waals surface area contributed by atoms with Crippen LogP contribution in [0.3, 0.4) is 0 Å². The standard InChI is InChI=1S/C29H28N2O2/c1-19-8-11-22(12-9-19)17-31-28(32)26(25-13-10-20(2)16-21(25)3)27(29(31)33)30-15-14-23-6-4-5-7-24(23)18-30/h4-13,16H,14-15,17-18H2,1-3H3. The third-order valence-corrected chi connectivity index (χ3v) is 6.70. The Morgan fingerprint density at radius 1 is 0.788 bits per heavy atom. The Hall–Kier alpha value is -3.66. The van der Waals surface area contributed by atoms with Crippen LogP contribution in [0.4, 0.5) is 0 Å². The van der Waals surface area contributed by atoms with Crippen LogP contribution in [0.2, 0.25) is 0 Å². The van der Waals surface area contributed by atoms with E-state index in [-0.39, 0.29) is 18.4 Å². The Kier molecular flexibility index (Phi) is 5.37. The normalized spacial score (nSPS) is 16.0. The predicted molar refractivity (Wildman–Crippen MR) is 130 cm³/mol. The van der Waals surface area contributed by atoms with E-state index in [1.807, 2.05) is 63.2 Å². The van der Waals surface area contributed by atoms with Crippen LogP contribution >= 0.6 is 0 Å². The molecule has 0 unspecified atom stereocenters. The Labute approximate surface area is 195 Å². The molecule has 2 aliphatic rings. The molecule has 0 N–H and O–H groups in total. The van der Waals surface area contributed by atoms with E-state index in [1.54, 1.807) is 0 Å². The first kappa shape index (κ1) is 21.2. The monoisotopic (exact) mass is 436 g/mol. The lowest BCUT2D eigenvalue weighted by atomic mass is 9.95. The van der Waals surface area contributed by atoms with Crippen molar-refractivity contribution < 1.29 is 9.59 Å². The summed E-state index contributed by atoms with van der Waals surface area (Å²) in [6.07, 6.45) is 0.860. The van der Waals surface area contributed by atoms with Gasteiger partial charge in [0.25, 0.3) is 11.8 Å². The number of benzene rings is 3. The predicted octanol–water partition coefficient (Wildman–Crippen LogP) is 4.95. The maximum Gasteiger partial charge on any atom is 0.278 e. The fourth-order valence-electron chi connectivity index (χ4n) is 4.90. The molecule has 166 valence electrons. The molecule has 2 aliphatic heterocycles. The second kappa shape index (κ2) is 8.36. The molecular formula is C29H28N2O2. The lowest BCUT2D eigenvalue weighted by Crippen LogP contribution is -2.37. The van der Waals surface area contributed by atoms with Crippen LogP contribution in [-0.2, 0) is 29.1 Å². The number of hydrogen-bond donors (Lipinski definition) is 0. The molecule has 5 rings (SSSR count). The molecule has 0 radical (unpaired) electrons. The zero-order valence-electron chi connectivity index (χ0n) is 19.4. The Bertz CT molecular complexity index is 1290. The van der Waals surface area contributed by atoms with E-state index >= 15 is 0 Å². The van der Waals surface area contributed by atoms with E-state index in [1.165, 1.54) is 16.0 Å². The van der Waals surface area contributed by atoms with Crippen molar-refractivity contribution >= 4 is 17.4 Å². The number of imide groups is 1. The molecule has 2 amide bonds. The second-order valence-electron chi connectivity index (χ2n) is 9.16. The van der Waals surface area contributed by atoms with Crippen molar-refractivity contribution in [3.8, 4) is 0 Å². The van der Waals surface area contributed by atoms with Crippen LogP contribution in [0, 0.1) is 20.8 Å². The van der Waals surface area contributed by atoms with Gasteiger partial charge >= 0.3 is 0 Å². The van der Waals surface area contributed by atoms with Crippen LogP contribution in [0.15, 0.2) is 72.4 Å². The highest BCUT2D eigenvalue weighted by atomic mass is 16.2. The van der Waals surface area contributed by atoms with Crippen molar-refractivity contribution in [1.29, 1.82) is 0 Å². The SMILES string of the molecule is Cc1ccc(CN2C(=O)C(c3ccc(C)cc3C)=C(N3CCc4ccccc4C3)C2=O)cc1. The van der Waals surface area contributed by atoms with Crippen molar-refractivity contribution in [1.82, 2.24) is 9.80 Å². The van der Waals surface area contributed by atoms with Gasteiger partial charge in [-0.05, 0) is 55.0 Å². The number of fused-ring (bicyclic) bond motifs is 1. The molecule has 3 aromatic rings. The number of carbonyl (C=O) groups is 2. The van der Waals surface area contributed by atoms with Crippen LogP contribution in [-0.4, -0.2) is 28.2 Å². The van der Waals surface area contributed by atoms with E-state index in [4.69, 9.17) is 0 Å². The van der Waals surface area contributed by atoms with E-state index in [2.05, 4.69) is 29.2 Å². The summed E-state index contributed by atoms with van der Waals surface area (Å²) in [5.41, 5.74) is 8.70. The van der Waals surface area contributed by atoms with Gasteiger partial charge in [0.15, 0.2) is 0 Å². The minimum absolute atomic E-state index is 0.199. The first-order valence-corrected chi connectivity index (χ1v) is 11.5. The van der Waals surface area contributed by atoms with Crippen LogP contribution < -0.4 is 0 Å². The molecule has 0 saturated heterocycles. The van der Waals surface area contributed by atoms with Crippen molar-refractivity contribution in [2.75, 3.05) is 6.54 Å². The van der Waals surface area contributed by atoms with Gasteiger partial charge in [-0.25, -0.2) is 0 Å². The maximum absolute atomic E-state index is 13.8. The molecule has 3 aromatic carbocycles. The topological polar surface area (TPSA) is 40.6 Å². The molecule has 4 heteroatoms. The Balaban J connectivity index is 1.58. The Morgan fingerprint density at radius 3 is 2.21 bits per heavy atom. The first-order chi connectivity index (χ1) is 15.9. The lowest BCUT2D eigenvalue weighted by Gasteiger charge is -2.31. The van der Waals surface area contributed by atoms with Crippen molar-refractivity contribution in [3.63, 3.8) is 0 Å². The molecule has 4 nitrogen and oxygen atoms in total. The summed E-state index contributed by atoms with van der Waals surface area (Å²) in [4.78, 5) is 31.0. The molecule has 0 aliphatic carbocycles. The summed E-state index contributed by atoms with van der Waals surface area (Å²) < 4.78 is 0. The van der Waals surface area contributed by atoms with Crippen LogP contribution in [0.5, 0.6) is 0 Å². The number of aryl methyl sites for hydroxylation is 3. The van der Waals surface area contributed by atoms with E-state index < -0.39 is 0 Å². The van der Waals surface area contributed by atoms with E-state index in [9.17, 15) is 9.59 Å². The first-order valence-electron chi connectivity index (χ1n) is 11.5. The highest BCUT2D eigenvalue weighted by molar-refractivity contribution is 6.35. The van der Waals surface area contributed by atoms with Gasteiger partial charge < -0.3 is 4.90 Å². The largest absolute Gasteiger partial charge is 0.362 e. The maximum atomic E-state index is 13.8. The number of rotatable bonds is 4. The molecule has 0 atom stereocenters. The third kappa shape index (κ3) is 3.86. The minimum atomic E-state index is -0.207. The fraction of sp³-hybridized carbons (Fsp3) is 0.241. The van der Waals surface area contributed by atoms with Gasteiger partial charge in [-0.3, -0.25) is 14.5 Å². The Morgan fingerprint density at radius 2 is 1.48 bits per heavy atom. The molecule has 0 saturated carbocycles. The molecule has 0 spiro atoms. The van der Waals surface area contributed by atoms with Gasteiger partial charge in [-0.1, -0.05) is 77.9 Å². The average molecular weight is 437 g/mol. The summed E-state index contributed by atoms with van der Waals surface area (Å²) in [5, 5.41) is 0.